The van der Waals surface area contributed by atoms with Gasteiger partial charge < -0.3 is 10.2 Å². The Morgan fingerprint density at radius 1 is 1.13 bits per heavy atom. The summed E-state index contributed by atoms with van der Waals surface area (Å²) in [6.07, 6.45) is 10.7. The molecule has 0 bridgehead atoms. The molecule has 1 fully saturated rings. The zero-order chi connectivity index (χ0) is 10.3. The molecule has 15 heavy (non-hydrogen) atoms. The van der Waals surface area contributed by atoms with E-state index in [1.54, 1.807) is 5.57 Å². The SMILES string of the molecule is C1=C(CCN2CCCCCC2)CCNC1. The van der Waals surface area contributed by atoms with Crippen LogP contribution in [0.2, 0.25) is 0 Å². The highest BCUT2D eigenvalue weighted by Crippen LogP contribution is 2.14. The summed E-state index contributed by atoms with van der Waals surface area (Å²) in [6, 6.07) is 0. The van der Waals surface area contributed by atoms with Crippen molar-refractivity contribution in [1.82, 2.24) is 10.2 Å². The van der Waals surface area contributed by atoms with Crippen LogP contribution in [0.5, 0.6) is 0 Å². The fourth-order valence-electron chi connectivity index (χ4n) is 2.56. The van der Waals surface area contributed by atoms with Crippen molar-refractivity contribution in [3.05, 3.63) is 11.6 Å². The lowest BCUT2D eigenvalue weighted by atomic mass is 10.1. The summed E-state index contributed by atoms with van der Waals surface area (Å²) in [7, 11) is 0. The Bertz CT molecular complexity index is 203. The van der Waals surface area contributed by atoms with Gasteiger partial charge in [0.2, 0.25) is 0 Å². The minimum atomic E-state index is 1.09. The second kappa shape index (κ2) is 6.29. The summed E-state index contributed by atoms with van der Waals surface area (Å²) in [5, 5.41) is 3.37. The number of nitrogens with zero attached hydrogens (tertiary/aromatic N) is 1. The van der Waals surface area contributed by atoms with E-state index in [0.717, 1.165) is 6.54 Å². The Kier molecular flexibility index (Phi) is 4.68. The van der Waals surface area contributed by atoms with Crippen molar-refractivity contribution in [3.63, 3.8) is 0 Å². The maximum atomic E-state index is 3.37. The molecule has 0 aliphatic carbocycles. The molecule has 0 aromatic rings. The number of hydrogen-bond donors (Lipinski definition) is 1. The Labute approximate surface area is 93.7 Å². The van der Waals surface area contributed by atoms with Crippen molar-refractivity contribution in [1.29, 1.82) is 0 Å². The molecular formula is C13H24N2. The highest BCUT2D eigenvalue weighted by Gasteiger charge is 2.10. The molecule has 0 aromatic heterocycles. The molecule has 2 aliphatic heterocycles. The third kappa shape index (κ3) is 3.96. The van der Waals surface area contributed by atoms with Gasteiger partial charge in [0, 0.05) is 13.1 Å². The second-order valence-electron chi connectivity index (χ2n) is 4.82. The molecular weight excluding hydrogens is 184 g/mol. The predicted molar refractivity (Wildman–Crippen MR) is 65.1 cm³/mol. The molecule has 2 rings (SSSR count). The molecule has 1 saturated heterocycles. The van der Waals surface area contributed by atoms with Gasteiger partial charge in [0.05, 0.1) is 0 Å². The molecule has 1 N–H and O–H groups in total. The summed E-state index contributed by atoms with van der Waals surface area (Å²) < 4.78 is 0. The summed E-state index contributed by atoms with van der Waals surface area (Å²) in [5.74, 6) is 0. The van der Waals surface area contributed by atoms with E-state index in [2.05, 4.69) is 16.3 Å². The molecule has 0 saturated carbocycles. The van der Waals surface area contributed by atoms with Gasteiger partial charge in [0.25, 0.3) is 0 Å². The monoisotopic (exact) mass is 208 g/mol. The first-order valence-corrected chi connectivity index (χ1v) is 6.56. The minimum Gasteiger partial charge on any atom is -0.313 e. The molecule has 2 aliphatic rings. The van der Waals surface area contributed by atoms with Crippen LogP contribution in [0.3, 0.4) is 0 Å². The molecule has 2 heteroatoms. The van der Waals surface area contributed by atoms with Crippen LogP contribution < -0.4 is 5.32 Å². The molecule has 2 heterocycles. The van der Waals surface area contributed by atoms with Crippen molar-refractivity contribution >= 4 is 0 Å². The van der Waals surface area contributed by atoms with Gasteiger partial charge in [0.15, 0.2) is 0 Å². The van der Waals surface area contributed by atoms with Crippen LogP contribution in [0.15, 0.2) is 11.6 Å². The molecule has 2 nitrogen and oxygen atoms in total. The van der Waals surface area contributed by atoms with E-state index in [-0.39, 0.29) is 0 Å². The number of nitrogens with one attached hydrogen (secondary N) is 1. The van der Waals surface area contributed by atoms with Gasteiger partial charge in [-0.05, 0) is 45.3 Å². The molecule has 86 valence electrons. The second-order valence-corrected chi connectivity index (χ2v) is 4.82. The predicted octanol–water partition coefficient (Wildman–Crippen LogP) is 2.17. The fraction of sp³-hybridized carbons (Fsp3) is 0.846. The summed E-state index contributed by atoms with van der Waals surface area (Å²) in [5.41, 5.74) is 1.68. The van der Waals surface area contributed by atoms with Crippen LogP contribution in [-0.4, -0.2) is 37.6 Å². The molecule has 0 spiro atoms. The van der Waals surface area contributed by atoms with E-state index in [4.69, 9.17) is 0 Å². The molecule has 0 radical (unpaired) electrons. The topological polar surface area (TPSA) is 15.3 Å². The standard InChI is InChI=1S/C13H24N2/c1-2-4-11-15(10-3-1)12-7-13-5-8-14-9-6-13/h5,14H,1-4,6-12H2. The minimum absolute atomic E-state index is 1.09. The Morgan fingerprint density at radius 2 is 1.93 bits per heavy atom. The maximum Gasteiger partial charge on any atom is 0.0137 e. The molecule has 0 amide bonds. The number of hydrogen-bond acceptors (Lipinski definition) is 2. The lowest BCUT2D eigenvalue weighted by Crippen LogP contribution is -2.27. The Morgan fingerprint density at radius 3 is 2.60 bits per heavy atom. The number of rotatable bonds is 3. The van der Waals surface area contributed by atoms with E-state index in [1.807, 2.05) is 0 Å². The van der Waals surface area contributed by atoms with Gasteiger partial charge in [-0.3, -0.25) is 0 Å². The van der Waals surface area contributed by atoms with Crippen LogP contribution in [0.4, 0.5) is 0 Å². The van der Waals surface area contributed by atoms with Crippen LogP contribution in [-0.2, 0) is 0 Å². The van der Waals surface area contributed by atoms with Crippen molar-refractivity contribution in [2.45, 2.75) is 38.5 Å². The van der Waals surface area contributed by atoms with Crippen LogP contribution in [0.1, 0.15) is 38.5 Å². The molecule has 0 unspecified atom stereocenters. The zero-order valence-corrected chi connectivity index (χ0v) is 9.80. The van der Waals surface area contributed by atoms with E-state index in [0.29, 0.717) is 0 Å². The van der Waals surface area contributed by atoms with Crippen molar-refractivity contribution in [2.75, 3.05) is 32.7 Å². The zero-order valence-electron chi connectivity index (χ0n) is 9.80. The Balaban J connectivity index is 1.69. The first kappa shape index (κ1) is 11.2. The van der Waals surface area contributed by atoms with E-state index in [9.17, 15) is 0 Å². The van der Waals surface area contributed by atoms with Crippen molar-refractivity contribution in [2.24, 2.45) is 0 Å². The van der Waals surface area contributed by atoms with Gasteiger partial charge in [-0.2, -0.15) is 0 Å². The average molecular weight is 208 g/mol. The highest BCUT2D eigenvalue weighted by molar-refractivity contribution is 5.07. The highest BCUT2D eigenvalue weighted by atomic mass is 15.1. The van der Waals surface area contributed by atoms with E-state index < -0.39 is 0 Å². The summed E-state index contributed by atoms with van der Waals surface area (Å²) >= 11 is 0. The van der Waals surface area contributed by atoms with Crippen LogP contribution in [0.25, 0.3) is 0 Å². The lowest BCUT2D eigenvalue weighted by Gasteiger charge is -2.21. The Hall–Kier alpha value is -0.340. The maximum absolute atomic E-state index is 3.37. The molecule has 0 aromatic carbocycles. The largest absolute Gasteiger partial charge is 0.313 e. The smallest absolute Gasteiger partial charge is 0.0137 e. The quantitative estimate of drug-likeness (QED) is 0.715. The first-order chi connectivity index (χ1) is 7.45. The average Bonchev–Trinajstić information content (AvgIpc) is 2.56. The van der Waals surface area contributed by atoms with Crippen LogP contribution in [0, 0.1) is 0 Å². The molecule has 0 atom stereocenters. The first-order valence-electron chi connectivity index (χ1n) is 6.56. The fourth-order valence-corrected chi connectivity index (χ4v) is 2.56. The number of likely N-dealkylation sites (tertiary alicyclic amines) is 1. The van der Waals surface area contributed by atoms with Gasteiger partial charge >= 0.3 is 0 Å². The van der Waals surface area contributed by atoms with Crippen molar-refractivity contribution < 1.29 is 0 Å². The van der Waals surface area contributed by atoms with Crippen LogP contribution >= 0.6 is 0 Å². The van der Waals surface area contributed by atoms with Gasteiger partial charge in [-0.25, -0.2) is 0 Å². The van der Waals surface area contributed by atoms with E-state index in [1.165, 1.54) is 64.7 Å². The van der Waals surface area contributed by atoms with Gasteiger partial charge in [0.1, 0.15) is 0 Å². The van der Waals surface area contributed by atoms with Crippen molar-refractivity contribution in [3.8, 4) is 0 Å². The van der Waals surface area contributed by atoms with Gasteiger partial charge in [-0.1, -0.05) is 24.5 Å². The summed E-state index contributed by atoms with van der Waals surface area (Å²) in [4.78, 5) is 2.66. The summed E-state index contributed by atoms with van der Waals surface area (Å²) in [6.45, 7) is 6.25. The van der Waals surface area contributed by atoms with Gasteiger partial charge in [-0.15, -0.1) is 0 Å². The normalized spacial score (nSPS) is 24.7. The lowest BCUT2D eigenvalue weighted by molar-refractivity contribution is 0.287. The third-order valence-electron chi connectivity index (χ3n) is 3.61. The third-order valence-corrected chi connectivity index (χ3v) is 3.61. The van der Waals surface area contributed by atoms with E-state index >= 15 is 0 Å².